The second-order valence-electron chi connectivity index (χ2n) is 6.68. The van der Waals surface area contributed by atoms with Crippen molar-refractivity contribution in [3.05, 3.63) is 63.3 Å². The summed E-state index contributed by atoms with van der Waals surface area (Å²) in [4.78, 5) is 32.1. The van der Waals surface area contributed by atoms with Crippen molar-refractivity contribution < 1.29 is 4.79 Å². The zero-order chi connectivity index (χ0) is 20.4. The topological polar surface area (TPSA) is 64.0 Å². The summed E-state index contributed by atoms with van der Waals surface area (Å²) in [5.41, 5.74) is 2.77. The Labute approximate surface area is 172 Å². The van der Waals surface area contributed by atoms with Crippen LogP contribution in [0.4, 0.5) is 5.69 Å². The van der Waals surface area contributed by atoms with Gasteiger partial charge >= 0.3 is 0 Å². The molecule has 0 fully saturated rings. The molecule has 1 atom stereocenters. The van der Waals surface area contributed by atoms with Crippen molar-refractivity contribution in [2.24, 2.45) is 0 Å². The first kappa shape index (κ1) is 20.4. The van der Waals surface area contributed by atoms with E-state index in [0.29, 0.717) is 21.9 Å². The van der Waals surface area contributed by atoms with Crippen molar-refractivity contribution in [1.29, 1.82) is 0 Å². The van der Waals surface area contributed by atoms with Crippen molar-refractivity contribution in [2.45, 2.75) is 44.6 Å². The van der Waals surface area contributed by atoms with Gasteiger partial charge in [-0.2, -0.15) is 0 Å². The first-order valence-corrected chi connectivity index (χ1v) is 10.7. The summed E-state index contributed by atoms with van der Waals surface area (Å²) in [5.74, 6) is -0.133. The Morgan fingerprint density at radius 3 is 2.64 bits per heavy atom. The lowest BCUT2D eigenvalue weighted by atomic mass is 10.2. The van der Waals surface area contributed by atoms with Crippen molar-refractivity contribution in [1.82, 2.24) is 9.55 Å². The van der Waals surface area contributed by atoms with Gasteiger partial charge in [-0.1, -0.05) is 35.5 Å². The van der Waals surface area contributed by atoms with E-state index in [1.807, 2.05) is 52.0 Å². The second kappa shape index (κ2) is 8.32. The summed E-state index contributed by atoms with van der Waals surface area (Å²) in [6.07, 6.45) is 1.67. The van der Waals surface area contributed by atoms with Gasteiger partial charge in [0.2, 0.25) is 5.91 Å². The first-order chi connectivity index (χ1) is 13.3. The molecule has 0 spiro atoms. The number of nitrogens with one attached hydrogen (secondary N) is 1. The van der Waals surface area contributed by atoms with Crippen molar-refractivity contribution >= 4 is 44.9 Å². The molecule has 0 saturated heterocycles. The lowest BCUT2D eigenvalue weighted by Gasteiger charge is -2.15. The van der Waals surface area contributed by atoms with Gasteiger partial charge in [-0.3, -0.25) is 14.2 Å². The Balaban J connectivity index is 1.90. The molecule has 0 bridgehead atoms. The Kier molecular flexibility index (Phi) is 6.05. The number of benzene rings is 1. The number of aryl methyl sites for hydroxylation is 3. The molecular formula is C21H23N3O2S2. The van der Waals surface area contributed by atoms with Gasteiger partial charge in [-0.25, -0.2) is 4.98 Å². The smallest absolute Gasteiger partial charge is 0.263 e. The molecule has 0 saturated carbocycles. The quantitative estimate of drug-likeness (QED) is 0.362. The molecule has 0 aliphatic rings. The number of hydrogen-bond acceptors (Lipinski definition) is 5. The zero-order valence-electron chi connectivity index (χ0n) is 16.4. The molecule has 1 amide bonds. The monoisotopic (exact) mass is 413 g/mol. The fraction of sp³-hybridized carbons (Fsp3) is 0.286. The summed E-state index contributed by atoms with van der Waals surface area (Å²) in [6, 6.07) is 7.65. The summed E-state index contributed by atoms with van der Waals surface area (Å²) >= 11 is 2.79. The lowest BCUT2D eigenvalue weighted by Crippen LogP contribution is -2.26. The van der Waals surface area contributed by atoms with Gasteiger partial charge < -0.3 is 5.32 Å². The largest absolute Gasteiger partial charge is 0.325 e. The van der Waals surface area contributed by atoms with Crippen LogP contribution in [0.1, 0.15) is 22.9 Å². The van der Waals surface area contributed by atoms with E-state index in [1.165, 1.54) is 23.1 Å². The molecule has 3 aromatic rings. The molecule has 2 aromatic heterocycles. The number of carbonyl (C=O) groups excluding carboxylic acids is 1. The minimum Gasteiger partial charge on any atom is -0.325 e. The van der Waals surface area contributed by atoms with Crippen LogP contribution in [0.15, 0.2) is 46.9 Å². The van der Waals surface area contributed by atoms with Crippen LogP contribution in [0, 0.1) is 20.8 Å². The Morgan fingerprint density at radius 1 is 1.32 bits per heavy atom. The first-order valence-electron chi connectivity index (χ1n) is 8.97. The van der Waals surface area contributed by atoms with Crippen LogP contribution in [0.3, 0.4) is 0 Å². The van der Waals surface area contributed by atoms with Crippen molar-refractivity contribution in [2.75, 3.05) is 5.32 Å². The lowest BCUT2D eigenvalue weighted by molar-refractivity contribution is -0.115. The number of amides is 1. The maximum Gasteiger partial charge on any atom is 0.263 e. The van der Waals surface area contributed by atoms with Crippen LogP contribution >= 0.6 is 23.1 Å². The van der Waals surface area contributed by atoms with Crippen LogP contribution in [-0.4, -0.2) is 20.7 Å². The van der Waals surface area contributed by atoms with E-state index in [4.69, 9.17) is 4.98 Å². The van der Waals surface area contributed by atoms with Crippen LogP contribution in [0.5, 0.6) is 0 Å². The Morgan fingerprint density at radius 2 is 2.00 bits per heavy atom. The number of thiophene rings is 1. The molecule has 0 aliphatic carbocycles. The number of thioether (sulfide) groups is 1. The number of rotatable bonds is 6. The number of hydrogen-bond donors (Lipinski definition) is 1. The number of nitrogens with zero attached hydrogens (tertiary/aromatic N) is 2. The molecule has 3 rings (SSSR count). The highest BCUT2D eigenvalue weighted by molar-refractivity contribution is 8.00. The average Bonchev–Trinajstić information content (AvgIpc) is 2.94. The predicted molar refractivity (Wildman–Crippen MR) is 119 cm³/mol. The van der Waals surface area contributed by atoms with E-state index >= 15 is 0 Å². The van der Waals surface area contributed by atoms with Gasteiger partial charge in [0.05, 0.1) is 10.6 Å². The van der Waals surface area contributed by atoms with E-state index in [2.05, 4.69) is 11.9 Å². The highest BCUT2D eigenvalue weighted by Crippen LogP contribution is 2.30. The molecule has 28 heavy (non-hydrogen) atoms. The molecule has 1 aromatic carbocycles. The minimum absolute atomic E-state index is 0.0830. The minimum atomic E-state index is -0.413. The summed E-state index contributed by atoms with van der Waals surface area (Å²) < 4.78 is 1.59. The molecule has 2 heterocycles. The Bertz CT molecular complexity index is 1100. The SMILES string of the molecule is C=CCn1c(S[C@@H](C)C(=O)Nc2ccc(C)cc2)nc2sc(C)c(C)c2c1=O. The van der Waals surface area contributed by atoms with E-state index in [-0.39, 0.29) is 11.5 Å². The summed E-state index contributed by atoms with van der Waals surface area (Å²) in [5, 5.41) is 3.69. The fourth-order valence-corrected chi connectivity index (χ4v) is 4.77. The standard InChI is InChI=1S/C21H23N3O2S2/c1-6-11-24-20(26)17-13(3)14(4)27-19(17)23-21(24)28-15(5)18(25)22-16-9-7-12(2)8-10-16/h6-10,15H,1,11H2,2-5H3,(H,22,25)/t15-/m0/s1. The van der Waals surface area contributed by atoms with Gasteiger partial charge in [-0.15, -0.1) is 17.9 Å². The maximum absolute atomic E-state index is 13.0. The van der Waals surface area contributed by atoms with E-state index in [1.54, 1.807) is 10.6 Å². The number of anilines is 1. The summed E-state index contributed by atoms with van der Waals surface area (Å²) in [6.45, 7) is 11.8. The molecule has 5 nitrogen and oxygen atoms in total. The third-order valence-electron chi connectivity index (χ3n) is 4.54. The predicted octanol–water partition coefficient (Wildman–Crippen LogP) is 4.69. The molecular weight excluding hydrogens is 390 g/mol. The number of allylic oxidation sites excluding steroid dienone is 1. The molecule has 146 valence electrons. The van der Waals surface area contributed by atoms with Crippen LogP contribution in [0.2, 0.25) is 0 Å². The molecule has 0 radical (unpaired) electrons. The zero-order valence-corrected chi connectivity index (χ0v) is 18.0. The highest BCUT2D eigenvalue weighted by atomic mass is 32.2. The fourth-order valence-electron chi connectivity index (χ4n) is 2.78. The average molecular weight is 414 g/mol. The third-order valence-corrected chi connectivity index (χ3v) is 6.73. The normalized spacial score (nSPS) is 12.1. The number of carbonyl (C=O) groups is 1. The highest BCUT2D eigenvalue weighted by Gasteiger charge is 2.21. The van der Waals surface area contributed by atoms with Crippen molar-refractivity contribution in [3.8, 4) is 0 Å². The molecule has 7 heteroatoms. The number of aromatic nitrogens is 2. The van der Waals surface area contributed by atoms with Crippen LogP contribution in [-0.2, 0) is 11.3 Å². The molecule has 1 N–H and O–H groups in total. The van der Waals surface area contributed by atoms with E-state index in [9.17, 15) is 9.59 Å². The third kappa shape index (κ3) is 4.05. The maximum atomic E-state index is 13.0. The van der Waals surface area contributed by atoms with Crippen molar-refractivity contribution in [3.63, 3.8) is 0 Å². The molecule has 0 unspecified atom stereocenters. The Hall–Kier alpha value is -2.38. The van der Waals surface area contributed by atoms with Gasteiger partial charge in [-0.05, 0) is 45.4 Å². The van der Waals surface area contributed by atoms with Crippen LogP contribution in [0.25, 0.3) is 10.2 Å². The summed E-state index contributed by atoms with van der Waals surface area (Å²) in [7, 11) is 0. The van der Waals surface area contributed by atoms with Gasteiger partial charge in [0.15, 0.2) is 5.16 Å². The van der Waals surface area contributed by atoms with Crippen LogP contribution < -0.4 is 10.9 Å². The van der Waals surface area contributed by atoms with E-state index < -0.39 is 5.25 Å². The van der Waals surface area contributed by atoms with E-state index in [0.717, 1.165) is 21.7 Å². The van der Waals surface area contributed by atoms with Gasteiger partial charge in [0.1, 0.15) is 4.83 Å². The van der Waals surface area contributed by atoms with Gasteiger partial charge in [0.25, 0.3) is 5.56 Å². The second-order valence-corrected chi connectivity index (χ2v) is 9.19. The number of fused-ring (bicyclic) bond motifs is 1. The van der Waals surface area contributed by atoms with Gasteiger partial charge in [0, 0.05) is 17.1 Å². The molecule has 0 aliphatic heterocycles.